The third kappa shape index (κ3) is 7.84. The monoisotopic (exact) mass is 1030 g/mol. The van der Waals surface area contributed by atoms with Crippen LogP contribution in [0.4, 0.5) is 0 Å². The van der Waals surface area contributed by atoms with E-state index < -0.39 is 0 Å². The lowest BCUT2D eigenvalue weighted by Crippen LogP contribution is -2.18. The van der Waals surface area contributed by atoms with Crippen molar-refractivity contribution in [2.45, 2.75) is 105 Å². The highest BCUT2D eigenvalue weighted by Gasteiger charge is 2.51. The van der Waals surface area contributed by atoms with Gasteiger partial charge in [-0.2, -0.15) is 0 Å². The first-order valence-corrected chi connectivity index (χ1v) is 29.2. The van der Waals surface area contributed by atoms with Crippen LogP contribution in [0.3, 0.4) is 0 Å². The van der Waals surface area contributed by atoms with Crippen LogP contribution in [0.1, 0.15) is 128 Å². The van der Waals surface area contributed by atoms with E-state index in [4.69, 9.17) is 0 Å². The molecule has 0 aromatic heterocycles. The van der Waals surface area contributed by atoms with Gasteiger partial charge in [0.2, 0.25) is 0 Å². The number of allylic oxidation sites excluding steroid dienone is 8. The number of fused-ring (bicyclic) bond motifs is 9. The van der Waals surface area contributed by atoms with Crippen LogP contribution in [0.25, 0.3) is 110 Å². The van der Waals surface area contributed by atoms with Gasteiger partial charge < -0.3 is 0 Å². The Morgan fingerprint density at radius 3 is 0.875 bits per heavy atom. The van der Waals surface area contributed by atoms with E-state index in [0.717, 1.165) is 0 Å². The van der Waals surface area contributed by atoms with Gasteiger partial charge >= 0.3 is 0 Å². The number of benzene rings is 10. The summed E-state index contributed by atoms with van der Waals surface area (Å²) in [4.78, 5) is 0. The first kappa shape index (κ1) is 50.2. The summed E-state index contributed by atoms with van der Waals surface area (Å²) in [6.07, 6.45) is 10.3. The summed E-state index contributed by atoms with van der Waals surface area (Å²) in [7, 11) is 0. The van der Waals surface area contributed by atoms with Gasteiger partial charge in [0.15, 0.2) is 0 Å². The molecular weight excluding hydrogens is 961 g/mol. The summed E-state index contributed by atoms with van der Waals surface area (Å²) < 4.78 is 0. The van der Waals surface area contributed by atoms with Gasteiger partial charge in [-0.15, -0.1) is 0 Å². The molecule has 0 aliphatic heterocycles. The Balaban J connectivity index is 1.15. The highest BCUT2D eigenvalue weighted by Crippen LogP contribution is 2.69. The summed E-state index contributed by atoms with van der Waals surface area (Å²) in [5.74, 6) is 0.199. The van der Waals surface area contributed by atoms with Crippen molar-refractivity contribution in [1.82, 2.24) is 0 Å². The summed E-state index contributed by atoms with van der Waals surface area (Å²) >= 11 is 0. The Bertz CT molecular complexity index is 4320. The van der Waals surface area contributed by atoms with Gasteiger partial charge in [-0.25, -0.2) is 0 Å². The molecular formula is C80H72. The molecule has 0 heteroatoms. The molecule has 0 amide bonds. The van der Waals surface area contributed by atoms with E-state index in [1.54, 1.807) is 0 Å². The van der Waals surface area contributed by atoms with Crippen molar-refractivity contribution in [2.75, 3.05) is 0 Å². The normalized spacial score (nSPS) is 16.6. The Labute approximate surface area is 475 Å². The Kier molecular flexibility index (Phi) is 11.1. The van der Waals surface area contributed by atoms with Crippen LogP contribution in [-0.4, -0.2) is 0 Å². The number of hydrogen-bond donors (Lipinski definition) is 0. The van der Waals surface area contributed by atoms with Crippen LogP contribution in [0, 0.1) is 11.8 Å². The van der Waals surface area contributed by atoms with Crippen LogP contribution in [0.5, 0.6) is 0 Å². The lowest BCUT2D eigenvalue weighted by Gasteiger charge is -2.31. The van der Waals surface area contributed by atoms with E-state index in [2.05, 4.69) is 289 Å². The average Bonchev–Trinajstić information content (AvgIpc) is 3.57. The van der Waals surface area contributed by atoms with Gasteiger partial charge in [-0.05, 0) is 195 Å². The molecule has 0 saturated carbocycles. The molecule has 4 aliphatic carbocycles. The molecule has 4 aliphatic rings. The first-order chi connectivity index (χ1) is 38.2. The second-order valence-electron chi connectivity index (χ2n) is 27.6. The van der Waals surface area contributed by atoms with E-state index in [1.165, 1.54) is 155 Å². The molecule has 2 atom stereocenters. The molecule has 10 aromatic carbocycles. The summed E-state index contributed by atoms with van der Waals surface area (Å²) in [6, 6.07) is 70.1. The van der Waals surface area contributed by atoms with Crippen LogP contribution >= 0.6 is 0 Å². The molecule has 0 fully saturated rings. The maximum Gasteiger partial charge on any atom is 0.0212 e. The molecule has 392 valence electrons. The third-order valence-electron chi connectivity index (χ3n) is 18.3. The Hall–Kier alpha value is -8.06. The van der Waals surface area contributed by atoms with Crippen LogP contribution < -0.4 is 0 Å². The van der Waals surface area contributed by atoms with Gasteiger partial charge in [-0.3, -0.25) is 0 Å². The second kappa shape index (κ2) is 17.7. The molecule has 0 N–H and O–H groups in total. The topological polar surface area (TPSA) is 0 Å². The smallest absolute Gasteiger partial charge is 0.0212 e. The Morgan fingerprint density at radius 2 is 0.525 bits per heavy atom. The zero-order valence-electron chi connectivity index (χ0n) is 48.8. The molecule has 80 heavy (non-hydrogen) atoms. The van der Waals surface area contributed by atoms with Gasteiger partial charge in [0, 0.05) is 11.8 Å². The van der Waals surface area contributed by atoms with Crippen LogP contribution in [0.15, 0.2) is 206 Å². The van der Waals surface area contributed by atoms with Crippen molar-refractivity contribution in [3.05, 3.63) is 251 Å². The molecule has 0 spiro atoms. The minimum Gasteiger partial charge on any atom is -0.0622 e. The van der Waals surface area contributed by atoms with Crippen molar-refractivity contribution >= 4 is 54.6 Å². The van der Waals surface area contributed by atoms with E-state index >= 15 is 0 Å². The van der Waals surface area contributed by atoms with Crippen molar-refractivity contribution in [1.29, 1.82) is 0 Å². The predicted molar refractivity (Wildman–Crippen MR) is 346 cm³/mol. The molecule has 10 aromatic rings. The fraction of sp³-hybridized carbons (Fsp3) is 0.225. The molecule has 14 rings (SSSR count). The van der Waals surface area contributed by atoms with Crippen LogP contribution in [-0.2, 0) is 21.7 Å². The highest BCUT2D eigenvalue weighted by atomic mass is 14.5. The molecule has 0 radical (unpaired) electrons. The quantitative estimate of drug-likeness (QED) is 0.151. The predicted octanol–water partition coefficient (Wildman–Crippen LogP) is 22.2. The van der Waals surface area contributed by atoms with Crippen molar-refractivity contribution in [3.8, 4) is 55.6 Å². The molecule has 0 heterocycles. The van der Waals surface area contributed by atoms with E-state index in [0.29, 0.717) is 0 Å². The van der Waals surface area contributed by atoms with Gasteiger partial charge in [0.25, 0.3) is 0 Å². The van der Waals surface area contributed by atoms with Gasteiger partial charge in [0.05, 0.1) is 0 Å². The zero-order valence-corrected chi connectivity index (χ0v) is 48.8. The maximum absolute atomic E-state index is 2.58. The van der Waals surface area contributed by atoms with Crippen molar-refractivity contribution in [2.24, 2.45) is 11.8 Å². The first-order valence-electron chi connectivity index (χ1n) is 29.2. The molecule has 0 bridgehead atoms. The second-order valence-corrected chi connectivity index (χ2v) is 27.6. The van der Waals surface area contributed by atoms with E-state index in [1.807, 2.05) is 0 Å². The Morgan fingerprint density at radius 1 is 0.225 bits per heavy atom. The third-order valence-corrected chi connectivity index (χ3v) is 18.3. The fourth-order valence-electron chi connectivity index (χ4n) is 14.1. The maximum atomic E-state index is 2.58. The highest BCUT2D eigenvalue weighted by molar-refractivity contribution is 6.25. The minimum atomic E-state index is -0.0661. The van der Waals surface area contributed by atoms with Gasteiger partial charge in [-0.1, -0.05) is 271 Å². The summed E-state index contributed by atoms with van der Waals surface area (Å²) in [6.45, 7) is 28.6. The van der Waals surface area contributed by atoms with Crippen LogP contribution in [0.2, 0.25) is 0 Å². The summed E-state index contributed by atoms with van der Waals surface area (Å²) in [5, 5.41) is 7.75. The number of hydrogen-bond acceptors (Lipinski definition) is 0. The summed E-state index contributed by atoms with van der Waals surface area (Å²) in [5.41, 5.74) is 29.4. The molecule has 0 nitrogen and oxygen atoms in total. The van der Waals surface area contributed by atoms with Crippen molar-refractivity contribution in [3.63, 3.8) is 0 Å². The molecule has 2 unspecified atom stereocenters. The largest absolute Gasteiger partial charge is 0.0622 e. The van der Waals surface area contributed by atoms with E-state index in [-0.39, 0.29) is 33.5 Å². The van der Waals surface area contributed by atoms with E-state index in [9.17, 15) is 0 Å². The zero-order chi connectivity index (χ0) is 55.4. The number of rotatable bonds is 5. The standard InChI is InChI=1S/C80H72/c1-77(2,3)55-38-53(39-56(45-55)78(4,5)6)69-65-42-50-30-22-23-31-51(50)43-66(65)70(54-40-57(79(7,8)9)46-58(41-54)80(10,11)12)76-63-37-35-61-71-60(34-36-62(72(63)71)75(69)76)73-67(48-26-18-14-19-27-48)59-33-32-52(47-24-16-13-17-25-47)44-64(59)68(74(61)73)49-28-20-15-21-29-49/h13-46,71-72H,1-12H3. The minimum absolute atomic E-state index is 0.0661. The lowest BCUT2D eigenvalue weighted by molar-refractivity contribution is 0.568. The lowest BCUT2D eigenvalue weighted by atomic mass is 9.71. The van der Waals surface area contributed by atoms with Crippen molar-refractivity contribution < 1.29 is 0 Å². The fourth-order valence-corrected chi connectivity index (χ4v) is 14.1. The molecule has 0 saturated heterocycles. The SMILES string of the molecule is CC(C)(C)c1cc(-c2c3c(c(-c4cc(C(C)(C)C)cc(C(C)(C)C)c4)c4cc5ccccc5cc24)C2=CC=C4c5c(c(-c6ccccc6)c6ccc(-c7ccccc7)cc6c5-c5ccccc5)C5=CC=C3C2C54)cc(C(C)(C)C)c1. The van der Waals surface area contributed by atoms with Gasteiger partial charge in [0.1, 0.15) is 0 Å². The average molecular weight is 1030 g/mol.